The van der Waals surface area contributed by atoms with Crippen LogP contribution < -0.4 is 25.8 Å². The van der Waals surface area contributed by atoms with E-state index in [4.69, 9.17) is 10.5 Å². The Labute approximate surface area is 235 Å². The lowest BCUT2D eigenvalue weighted by atomic mass is 9.82. The third kappa shape index (κ3) is 5.13. The molecule has 1 aliphatic rings. The molecule has 0 spiro atoms. The molecule has 0 aliphatic carbocycles. The van der Waals surface area contributed by atoms with Crippen molar-refractivity contribution in [1.29, 1.82) is 0 Å². The highest BCUT2D eigenvalue weighted by atomic mass is 32.1. The van der Waals surface area contributed by atoms with Gasteiger partial charge in [-0.15, -0.1) is 11.3 Å². The first-order valence-electron chi connectivity index (χ1n) is 12.9. The van der Waals surface area contributed by atoms with Gasteiger partial charge in [0.25, 0.3) is 11.5 Å². The summed E-state index contributed by atoms with van der Waals surface area (Å²) in [4.78, 5) is 41.2. The van der Waals surface area contributed by atoms with Gasteiger partial charge in [-0.2, -0.15) is 0 Å². The maximum Gasteiger partial charge on any atom is 0.338 e. The first-order valence-corrected chi connectivity index (χ1v) is 13.7. The SMILES string of the molecule is CCOC(=O)C1=C(N)n2c(s/c(=C/c3ccc(C)cc3)c2=O)=C(C(=O)Nc2ccccc2)C1c1ccc(C)cc1. The number of rotatable bonds is 6. The van der Waals surface area contributed by atoms with E-state index in [0.29, 0.717) is 20.4 Å². The van der Waals surface area contributed by atoms with Crippen LogP contribution in [0.25, 0.3) is 17.5 Å². The van der Waals surface area contributed by atoms with E-state index in [0.717, 1.165) is 16.7 Å². The zero-order valence-corrected chi connectivity index (χ0v) is 23.2. The summed E-state index contributed by atoms with van der Waals surface area (Å²) in [6.07, 6.45) is 1.77. The number of benzene rings is 3. The van der Waals surface area contributed by atoms with Crippen LogP contribution in [0.3, 0.4) is 0 Å². The zero-order chi connectivity index (χ0) is 28.4. The summed E-state index contributed by atoms with van der Waals surface area (Å²) < 4.78 is 7.42. The summed E-state index contributed by atoms with van der Waals surface area (Å²) >= 11 is 1.17. The smallest absolute Gasteiger partial charge is 0.338 e. The third-order valence-corrected chi connectivity index (χ3v) is 7.81. The molecule has 3 aromatic carbocycles. The number of esters is 1. The number of hydrogen-bond acceptors (Lipinski definition) is 6. The van der Waals surface area contributed by atoms with Crippen molar-refractivity contribution < 1.29 is 14.3 Å². The van der Waals surface area contributed by atoms with Gasteiger partial charge in [-0.3, -0.25) is 14.2 Å². The number of fused-ring (bicyclic) bond motifs is 1. The molecule has 3 N–H and O–H groups in total. The number of hydrogen-bond donors (Lipinski definition) is 2. The number of carbonyl (C=O) groups is 2. The lowest BCUT2D eigenvalue weighted by molar-refractivity contribution is -0.138. The number of ether oxygens (including phenoxy) is 1. The van der Waals surface area contributed by atoms with Crippen LogP contribution in [-0.2, 0) is 14.3 Å². The van der Waals surface area contributed by atoms with Crippen molar-refractivity contribution in [2.75, 3.05) is 11.9 Å². The van der Waals surface area contributed by atoms with Crippen molar-refractivity contribution in [2.45, 2.75) is 26.7 Å². The Hall–Kier alpha value is -4.69. The lowest BCUT2D eigenvalue weighted by Gasteiger charge is -2.27. The van der Waals surface area contributed by atoms with Crippen molar-refractivity contribution in [3.8, 4) is 0 Å². The Balaban J connectivity index is 1.83. The minimum absolute atomic E-state index is 0.0416. The van der Waals surface area contributed by atoms with Gasteiger partial charge in [0, 0.05) is 5.69 Å². The molecule has 202 valence electrons. The van der Waals surface area contributed by atoms with Crippen molar-refractivity contribution in [3.05, 3.63) is 126 Å². The summed E-state index contributed by atoms with van der Waals surface area (Å²) in [5, 5.41) is 2.94. The van der Waals surface area contributed by atoms with E-state index in [1.807, 2.05) is 80.6 Å². The highest BCUT2D eigenvalue weighted by molar-refractivity contribution is 7.07. The number of thiazole rings is 1. The Morgan fingerprint density at radius 3 is 2.20 bits per heavy atom. The first-order chi connectivity index (χ1) is 19.3. The van der Waals surface area contributed by atoms with E-state index in [2.05, 4.69) is 5.32 Å². The van der Waals surface area contributed by atoms with Crippen LogP contribution in [0.2, 0.25) is 0 Å². The highest BCUT2D eigenvalue weighted by Crippen LogP contribution is 2.37. The molecule has 1 aliphatic heterocycles. The molecule has 4 aromatic rings. The minimum atomic E-state index is -0.853. The topological polar surface area (TPSA) is 103 Å². The van der Waals surface area contributed by atoms with Crippen LogP contribution in [0.4, 0.5) is 5.69 Å². The van der Waals surface area contributed by atoms with Gasteiger partial charge in [0.1, 0.15) is 10.5 Å². The van der Waals surface area contributed by atoms with E-state index < -0.39 is 23.4 Å². The first kappa shape index (κ1) is 26.9. The van der Waals surface area contributed by atoms with Gasteiger partial charge in [0.2, 0.25) is 0 Å². The molecule has 8 heteroatoms. The zero-order valence-electron chi connectivity index (χ0n) is 22.4. The van der Waals surface area contributed by atoms with Crippen LogP contribution >= 0.6 is 11.3 Å². The monoisotopic (exact) mass is 551 g/mol. The van der Waals surface area contributed by atoms with Crippen molar-refractivity contribution >= 4 is 46.4 Å². The predicted octanol–water partition coefficient (Wildman–Crippen LogP) is 3.63. The van der Waals surface area contributed by atoms with E-state index in [9.17, 15) is 14.4 Å². The molecule has 0 radical (unpaired) electrons. The molecule has 0 saturated heterocycles. The summed E-state index contributed by atoms with van der Waals surface area (Å²) in [7, 11) is 0. The molecular formula is C32H29N3O4S. The fraction of sp³-hybridized carbons (Fsp3) is 0.156. The second kappa shape index (κ2) is 11.2. The van der Waals surface area contributed by atoms with E-state index in [1.54, 1.807) is 25.1 Å². The maximum absolute atomic E-state index is 14.0. The standard InChI is InChI=1S/C32H29N3O4S/c1-4-39-32(38)26-25(22-16-12-20(3)13-17-22)27(29(36)34-23-8-6-5-7-9-23)31-35(28(26)33)30(37)24(40-31)18-21-14-10-19(2)11-15-21/h5-18,25H,4,33H2,1-3H3,(H,34,36)/b24-18+. The predicted molar refractivity (Wildman–Crippen MR) is 159 cm³/mol. The number of carbonyl (C=O) groups excluding carboxylic acids is 2. The number of aryl methyl sites for hydroxylation is 2. The van der Waals surface area contributed by atoms with Crippen LogP contribution in [-0.4, -0.2) is 23.1 Å². The molecule has 2 heterocycles. The van der Waals surface area contributed by atoms with E-state index in [-0.39, 0.29) is 23.6 Å². The molecule has 5 rings (SSSR count). The number of nitrogens with two attached hydrogens (primary N) is 1. The third-order valence-electron chi connectivity index (χ3n) is 6.71. The van der Waals surface area contributed by atoms with Gasteiger partial charge in [-0.25, -0.2) is 4.79 Å². The molecule has 1 unspecified atom stereocenters. The van der Waals surface area contributed by atoms with Crippen LogP contribution in [0, 0.1) is 13.8 Å². The van der Waals surface area contributed by atoms with Gasteiger partial charge in [-0.1, -0.05) is 77.9 Å². The second-order valence-corrected chi connectivity index (χ2v) is 10.6. The normalized spacial score (nSPS) is 15.1. The van der Waals surface area contributed by atoms with E-state index in [1.165, 1.54) is 15.9 Å². The summed E-state index contributed by atoms with van der Waals surface area (Å²) in [6, 6.07) is 24.3. The van der Waals surface area contributed by atoms with Crippen molar-refractivity contribution in [2.24, 2.45) is 5.73 Å². The van der Waals surface area contributed by atoms with Gasteiger partial charge >= 0.3 is 5.97 Å². The fourth-order valence-corrected chi connectivity index (χ4v) is 5.88. The Kier molecular flexibility index (Phi) is 7.53. The number of nitrogens with one attached hydrogen (secondary N) is 1. The lowest BCUT2D eigenvalue weighted by Crippen LogP contribution is -2.42. The molecule has 7 nitrogen and oxygen atoms in total. The van der Waals surface area contributed by atoms with E-state index >= 15 is 0 Å². The fourth-order valence-electron chi connectivity index (χ4n) is 4.70. The van der Waals surface area contributed by atoms with Gasteiger partial charge in [0.15, 0.2) is 0 Å². The second-order valence-electron chi connectivity index (χ2n) is 9.56. The van der Waals surface area contributed by atoms with Crippen LogP contribution in [0.5, 0.6) is 0 Å². The largest absolute Gasteiger partial charge is 0.463 e. The number of para-hydroxylation sites is 1. The quantitative estimate of drug-likeness (QED) is 0.356. The Morgan fingerprint density at radius 1 is 0.950 bits per heavy atom. The number of anilines is 1. The van der Waals surface area contributed by atoms with Crippen molar-refractivity contribution in [1.82, 2.24) is 4.57 Å². The molecule has 0 bridgehead atoms. The number of nitrogens with zero attached hydrogens (tertiary/aromatic N) is 1. The molecular weight excluding hydrogens is 522 g/mol. The summed E-state index contributed by atoms with van der Waals surface area (Å²) in [5.41, 5.74) is 10.7. The molecule has 1 aromatic heterocycles. The minimum Gasteiger partial charge on any atom is -0.463 e. The Morgan fingerprint density at radius 2 is 1.57 bits per heavy atom. The highest BCUT2D eigenvalue weighted by Gasteiger charge is 2.39. The van der Waals surface area contributed by atoms with Gasteiger partial charge < -0.3 is 15.8 Å². The summed E-state index contributed by atoms with van der Waals surface area (Å²) in [5.74, 6) is -2.01. The summed E-state index contributed by atoms with van der Waals surface area (Å²) in [6.45, 7) is 5.75. The molecule has 0 saturated carbocycles. The number of amides is 1. The molecule has 1 atom stereocenters. The van der Waals surface area contributed by atoms with Crippen LogP contribution in [0.15, 0.2) is 89.2 Å². The molecule has 1 amide bonds. The maximum atomic E-state index is 14.0. The molecule has 40 heavy (non-hydrogen) atoms. The average molecular weight is 552 g/mol. The van der Waals surface area contributed by atoms with Gasteiger partial charge in [0.05, 0.1) is 28.2 Å². The van der Waals surface area contributed by atoms with Crippen molar-refractivity contribution in [3.63, 3.8) is 0 Å². The van der Waals surface area contributed by atoms with Crippen LogP contribution in [0.1, 0.15) is 35.1 Å². The average Bonchev–Trinajstić information content (AvgIpc) is 3.26. The Bertz CT molecular complexity index is 1800. The molecule has 0 fully saturated rings. The number of aromatic nitrogens is 1. The van der Waals surface area contributed by atoms with Gasteiger partial charge in [-0.05, 0) is 50.1 Å².